The van der Waals surface area contributed by atoms with E-state index in [9.17, 15) is 9.90 Å². The lowest BCUT2D eigenvalue weighted by Crippen LogP contribution is -2.50. The van der Waals surface area contributed by atoms with Gasteiger partial charge in [0.15, 0.2) is 0 Å². The van der Waals surface area contributed by atoms with Crippen LogP contribution in [0.2, 0.25) is 0 Å². The Morgan fingerprint density at radius 1 is 1.67 bits per heavy atom. The van der Waals surface area contributed by atoms with E-state index in [1.54, 1.807) is 0 Å². The number of rotatable bonds is 4. The molecule has 0 saturated carbocycles. The highest BCUT2D eigenvalue weighted by molar-refractivity contribution is 5.81. The predicted molar refractivity (Wildman–Crippen MR) is 59.1 cm³/mol. The average Bonchev–Trinajstić information content (AvgIpc) is 2.65. The summed E-state index contributed by atoms with van der Waals surface area (Å²) in [5.41, 5.74) is 5.16. The van der Waals surface area contributed by atoms with Crippen LogP contribution in [-0.2, 0) is 4.79 Å². The topological polar surface area (TPSA) is 75.3 Å². The normalized spacial score (nSPS) is 28.8. The molecule has 0 spiro atoms. The van der Waals surface area contributed by atoms with Gasteiger partial charge in [0.2, 0.25) is 5.91 Å². The van der Waals surface area contributed by atoms with E-state index in [-0.39, 0.29) is 24.5 Å². The van der Waals surface area contributed by atoms with E-state index in [1.165, 1.54) is 0 Å². The molecule has 4 N–H and O–H groups in total. The molecule has 1 rings (SSSR count). The number of nitrogens with two attached hydrogens (primary N) is 1. The number of aliphatic hydroxyl groups is 1. The fraction of sp³-hybridized carbons (Fsp3) is 0.727. The van der Waals surface area contributed by atoms with Crippen LogP contribution in [0.1, 0.15) is 26.7 Å². The highest BCUT2D eigenvalue weighted by atomic mass is 16.3. The van der Waals surface area contributed by atoms with Crippen molar-refractivity contribution in [3.05, 3.63) is 12.2 Å². The first kappa shape index (κ1) is 12.2. The quantitative estimate of drug-likeness (QED) is 0.581. The Hall–Kier alpha value is -0.870. The van der Waals surface area contributed by atoms with Gasteiger partial charge < -0.3 is 16.2 Å². The van der Waals surface area contributed by atoms with Crippen molar-refractivity contribution in [3.63, 3.8) is 0 Å². The summed E-state index contributed by atoms with van der Waals surface area (Å²) in [7, 11) is 0. The van der Waals surface area contributed by atoms with E-state index in [1.807, 2.05) is 26.0 Å². The number of nitrogens with one attached hydrogen (secondary N) is 1. The Balaban J connectivity index is 2.52. The first-order valence-corrected chi connectivity index (χ1v) is 5.37. The third-order valence-corrected chi connectivity index (χ3v) is 3.01. The average molecular weight is 212 g/mol. The van der Waals surface area contributed by atoms with Crippen molar-refractivity contribution in [1.82, 2.24) is 5.32 Å². The van der Waals surface area contributed by atoms with Gasteiger partial charge in [0, 0.05) is 6.04 Å². The monoisotopic (exact) mass is 212 g/mol. The summed E-state index contributed by atoms with van der Waals surface area (Å²) in [5.74, 6) is -0.185. The second-order valence-corrected chi connectivity index (χ2v) is 4.45. The first-order valence-electron chi connectivity index (χ1n) is 5.37. The summed E-state index contributed by atoms with van der Waals surface area (Å²) in [6, 6.07) is -0.0113. The number of hydrogen-bond acceptors (Lipinski definition) is 3. The molecular formula is C11H20N2O2. The minimum absolute atomic E-state index is 0.0113. The predicted octanol–water partition coefficient (Wildman–Crippen LogP) is 0.167. The number of aliphatic hydroxyl groups excluding tert-OH is 1. The fourth-order valence-corrected chi connectivity index (χ4v) is 1.55. The largest absolute Gasteiger partial charge is 0.394 e. The molecule has 0 aliphatic heterocycles. The van der Waals surface area contributed by atoms with E-state index in [0.717, 1.165) is 0 Å². The van der Waals surface area contributed by atoms with Gasteiger partial charge in [0.1, 0.15) is 0 Å². The van der Waals surface area contributed by atoms with Crippen LogP contribution in [0.5, 0.6) is 0 Å². The maximum atomic E-state index is 11.8. The Morgan fingerprint density at radius 3 is 2.73 bits per heavy atom. The molecule has 0 heterocycles. The van der Waals surface area contributed by atoms with Gasteiger partial charge in [-0.15, -0.1) is 0 Å². The molecule has 0 fully saturated rings. The summed E-state index contributed by atoms with van der Waals surface area (Å²) >= 11 is 0. The maximum absolute atomic E-state index is 11.8. The molecule has 15 heavy (non-hydrogen) atoms. The third kappa shape index (κ3) is 3.04. The third-order valence-electron chi connectivity index (χ3n) is 3.01. The van der Waals surface area contributed by atoms with E-state index in [4.69, 9.17) is 5.73 Å². The second kappa shape index (κ2) is 4.77. The molecular weight excluding hydrogens is 192 g/mol. The van der Waals surface area contributed by atoms with Crippen LogP contribution in [0.15, 0.2) is 12.2 Å². The van der Waals surface area contributed by atoms with Crippen molar-refractivity contribution in [2.24, 2.45) is 11.7 Å². The smallest absolute Gasteiger partial charge is 0.227 e. The van der Waals surface area contributed by atoms with E-state index >= 15 is 0 Å². The van der Waals surface area contributed by atoms with Crippen LogP contribution in [0.25, 0.3) is 0 Å². The van der Waals surface area contributed by atoms with Gasteiger partial charge >= 0.3 is 0 Å². The highest BCUT2D eigenvalue weighted by Crippen LogP contribution is 2.18. The van der Waals surface area contributed by atoms with Crippen molar-refractivity contribution >= 4 is 5.91 Å². The van der Waals surface area contributed by atoms with Crippen molar-refractivity contribution in [3.8, 4) is 0 Å². The van der Waals surface area contributed by atoms with Crippen molar-refractivity contribution in [2.75, 3.05) is 6.61 Å². The van der Waals surface area contributed by atoms with Crippen molar-refractivity contribution in [1.29, 1.82) is 0 Å². The lowest BCUT2D eigenvalue weighted by molar-refractivity contribution is -0.126. The number of carbonyl (C=O) groups is 1. The van der Waals surface area contributed by atoms with E-state index < -0.39 is 5.54 Å². The number of hydrogen-bond donors (Lipinski definition) is 3. The van der Waals surface area contributed by atoms with Gasteiger partial charge in [0.25, 0.3) is 0 Å². The lowest BCUT2D eigenvalue weighted by atomic mass is 9.98. The SMILES string of the molecule is CCC(C)(CO)NC(=O)C1C=CC(N)C1. The van der Waals surface area contributed by atoms with Gasteiger partial charge in [-0.25, -0.2) is 0 Å². The van der Waals surface area contributed by atoms with Crippen molar-refractivity contribution < 1.29 is 9.90 Å². The molecule has 0 bridgehead atoms. The van der Waals surface area contributed by atoms with E-state index in [0.29, 0.717) is 12.8 Å². The zero-order valence-electron chi connectivity index (χ0n) is 9.36. The van der Waals surface area contributed by atoms with Crippen LogP contribution in [0, 0.1) is 5.92 Å². The lowest BCUT2D eigenvalue weighted by Gasteiger charge is -2.28. The first-order chi connectivity index (χ1) is 7.00. The van der Waals surface area contributed by atoms with E-state index in [2.05, 4.69) is 5.32 Å². The molecule has 1 aliphatic rings. The van der Waals surface area contributed by atoms with Crippen LogP contribution < -0.4 is 11.1 Å². The molecule has 0 aromatic heterocycles. The minimum Gasteiger partial charge on any atom is -0.394 e. The second-order valence-electron chi connectivity index (χ2n) is 4.45. The molecule has 1 amide bonds. The summed E-state index contributed by atoms with van der Waals surface area (Å²) < 4.78 is 0. The van der Waals surface area contributed by atoms with Gasteiger partial charge in [-0.3, -0.25) is 4.79 Å². The zero-order valence-corrected chi connectivity index (χ0v) is 9.36. The molecule has 3 atom stereocenters. The molecule has 0 saturated heterocycles. The molecule has 3 unspecified atom stereocenters. The maximum Gasteiger partial charge on any atom is 0.227 e. The Kier molecular flexibility index (Phi) is 3.88. The Bertz CT molecular complexity index is 259. The molecule has 0 aromatic carbocycles. The summed E-state index contributed by atoms with van der Waals surface area (Å²) in [4.78, 5) is 11.8. The summed E-state index contributed by atoms with van der Waals surface area (Å²) in [6.07, 6.45) is 5.06. The molecule has 4 nitrogen and oxygen atoms in total. The molecule has 0 aromatic rings. The zero-order chi connectivity index (χ0) is 11.5. The Morgan fingerprint density at radius 2 is 2.33 bits per heavy atom. The minimum atomic E-state index is -0.516. The molecule has 86 valence electrons. The van der Waals surface area contributed by atoms with Crippen LogP contribution in [-0.4, -0.2) is 29.2 Å². The van der Waals surface area contributed by atoms with Gasteiger partial charge in [-0.2, -0.15) is 0 Å². The van der Waals surface area contributed by atoms with Gasteiger partial charge in [-0.1, -0.05) is 19.1 Å². The number of carbonyl (C=O) groups excluding carboxylic acids is 1. The highest BCUT2D eigenvalue weighted by Gasteiger charge is 2.29. The fourth-order valence-electron chi connectivity index (χ4n) is 1.55. The van der Waals surface area contributed by atoms with Crippen LogP contribution >= 0.6 is 0 Å². The molecule has 4 heteroatoms. The Labute approximate surface area is 90.5 Å². The van der Waals surface area contributed by atoms with Gasteiger partial charge in [-0.05, 0) is 19.8 Å². The van der Waals surface area contributed by atoms with Crippen LogP contribution in [0.3, 0.4) is 0 Å². The molecule has 0 radical (unpaired) electrons. The van der Waals surface area contributed by atoms with Gasteiger partial charge in [0.05, 0.1) is 18.1 Å². The standard InChI is InChI=1S/C11H20N2O2/c1-3-11(2,7-14)13-10(15)8-4-5-9(12)6-8/h4-5,8-9,14H,3,6-7,12H2,1-2H3,(H,13,15). The van der Waals surface area contributed by atoms with Crippen molar-refractivity contribution in [2.45, 2.75) is 38.3 Å². The summed E-state index contributed by atoms with van der Waals surface area (Å²) in [5, 5.41) is 12.0. The molecule has 1 aliphatic carbocycles. The van der Waals surface area contributed by atoms with Crippen LogP contribution in [0.4, 0.5) is 0 Å². The number of amides is 1. The summed E-state index contributed by atoms with van der Waals surface area (Å²) in [6.45, 7) is 3.73.